The molecule has 1 fully saturated rings. The normalized spacial score (nSPS) is 16.7. The van der Waals surface area contributed by atoms with Gasteiger partial charge in [0.05, 0.1) is 11.3 Å². The van der Waals surface area contributed by atoms with Gasteiger partial charge in [-0.3, -0.25) is 4.79 Å². The predicted molar refractivity (Wildman–Crippen MR) is 56.0 cm³/mol. The molecule has 1 aliphatic rings. The van der Waals surface area contributed by atoms with Gasteiger partial charge in [-0.25, -0.2) is 4.98 Å². The summed E-state index contributed by atoms with van der Waals surface area (Å²) >= 11 is 5.34. The summed E-state index contributed by atoms with van der Waals surface area (Å²) in [6, 6.07) is 1.90. The third-order valence-corrected chi connectivity index (χ3v) is 3.12. The lowest BCUT2D eigenvalue weighted by Gasteiger charge is -2.26. The Bertz CT molecular complexity index is 455. The monoisotopic (exact) mass is 263 g/mol. The van der Waals surface area contributed by atoms with E-state index in [-0.39, 0.29) is 17.2 Å². The molecule has 0 spiro atoms. The summed E-state index contributed by atoms with van der Waals surface area (Å²) in [5.74, 6) is -0.0741. The van der Waals surface area contributed by atoms with E-state index < -0.39 is 17.1 Å². The van der Waals surface area contributed by atoms with E-state index in [1.54, 1.807) is 0 Å². The van der Waals surface area contributed by atoms with E-state index in [1.165, 1.54) is 0 Å². The highest BCUT2D eigenvalue weighted by molar-refractivity contribution is 6.67. The molecule has 0 bridgehead atoms. The fraction of sp³-hybridized carbons (Fsp3) is 0.455. The molecule has 1 aromatic rings. The molecule has 0 N–H and O–H groups in total. The zero-order valence-corrected chi connectivity index (χ0v) is 9.48. The van der Waals surface area contributed by atoms with Crippen LogP contribution in [0.25, 0.3) is 0 Å². The maximum atomic E-state index is 12.5. The van der Waals surface area contributed by atoms with Crippen LogP contribution in [0.4, 0.5) is 13.2 Å². The summed E-state index contributed by atoms with van der Waals surface area (Å²) in [4.78, 5) is 14.7. The molecular weight excluding hydrogens is 255 g/mol. The topological polar surface area (TPSA) is 30.0 Å². The fourth-order valence-corrected chi connectivity index (χ4v) is 1.95. The van der Waals surface area contributed by atoms with Crippen LogP contribution in [0.1, 0.15) is 46.9 Å². The summed E-state index contributed by atoms with van der Waals surface area (Å²) in [6.07, 6.45) is -2.04. The highest BCUT2D eigenvalue weighted by atomic mass is 35.5. The zero-order chi connectivity index (χ0) is 12.6. The highest BCUT2D eigenvalue weighted by Crippen LogP contribution is 2.39. The molecule has 2 rings (SSSR count). The van der Waals surface area contributed by atoms with Crippen molar-refractivity contribution in [1.82, 2.24) is 4.98 Å². The Balaban J connectivity index is 2.46. The van der Waals surface area contributed by atoms with Crippen LogP contribution in [0.5, 0.6) is 0 Å². The van der Waals surface area contributed by atoms with Crippen LogP contribution in [0.2, 0.25) is 0 Å². The number of halogens is 4. The van der Waals surface area contributed by atoms with Gasteiger partial charge in [-0.05, 0) is 36.6 Å². The second-order valence-electron chi connectivity index (χ2n) is 4.03. The number of rotatable bonds is 2. The van der Waals surface area contributed by atoms with Crippen molar-refractivity contribution in [1.29, 1.82) is 0 Å². The first-order valence-corrected chi connectivity index (χ1v) is 5.55. The van der Waals surface area contributed by atoms with Crippen molar-refractivity contribution in [2.75, 3.05) is 0 Å². The Morgan fingerprint density at radius 3 is 2.41 bits per heavy atom. The number of carbonyl (C=O) groups excluding carboxylic acids is 1. The summed E-state index contributed by atoms with van der Waals surface area (Å²) in [7, 11) is 0. The Morgan fingerprint density at radius 1 is 1.35 bits per heavy atom. The van der Waals surface area contributed by atoms with E-state index in [0.29, 0.717) is 0 Å². The Kier molecular flexibility index (Phi) is 3.12. The van der Waals surface area contributed by atoms with Crippen LogP contribution in [-0.2, 0) is 6.18 Å². The minimum Gasteiger partial charge on any atom is -0.276 e. The van der Waals surface area contributed by atoms with Crippen molar-refractivity contribution in [3.05, 3.63) is 29.1 Å². The van der Waals surface area contributed by atoms with Gasteiger partial charge in [-0.15, -0.1) is 0 Å². The molecule has 0 saturated heterocycles. The molecule has 0 unspecified atom stereocenters. The van der Waals surface area contributed by atoms with Crippen LogP contribution in [-0.4, -0.2) is 10.2 Å². The molecule has 1 aromatic heterocycles. The molecule has 1 heterocycles. The van der Waals surface area contributed by atoms with Gasteiger partial charge in [0.2, 0.25) is 0 Å². The Labute approximate surface area is 101 Å². The van der Waals surface area contributed by atoms with Gasteiger partial charge in [0.1, 0.15) is 5.69 Å². The fourth-order valence-electron chi connectivity index (χ4n) is 1.79. The molecule has 0 radical (unpaired) electrons. The molecule has 0 atom stereocenters. The first-order valence-electron chi connectivity index (χ1n) is 5.17. The third-order valence-electron chi connectivity index (χ3n) is 2.92. The summed E-state index contributed by atoms with van der Waals surface area (Å²) in [6.45, 7) is 0. The first-order chi connectivity index (χ1) is 7.89. The maximum absolute atomic E-state index is 12.5. The largest absolute Gasteiger partial charge is 0.433 e. The van der Waals surface area contributed by atoms with Crippen LogP contribution in [0.15, 0.2) is 12.1 Å². The van der Waals surface area contributed by atoms with Crippen LogP contribution >= 0.6 is 11.6 Å². The van der Waals surface area contributed by atoms with Crippen molar-refractivity contribution < 1.29 is 18.0 Å². The van der Waals surface area contributed by atoms with E-state index >= 15 is 0 Å². The van der Waals surface area contributed by atoms with E-state index in [4.69, 9.17) is 11.6 Å². The average molecular weight is 264 g/mol. The van der Waals surface area contributed by atoms with E-state index in [1.807, 2.05) is 0 Å². The van der Waals surface area contributed by atoms with Gasteiger partial charge in [0.15, 0.2) is 0 Å². The number of alkyl halides is 3. The lowest BCUT2D eigenvalue weighted by molar-refractivity contribution is -0.141. The quantitative estimate of drug-likeness (QED) is 0.761. The lowest BCUT2D eigenvalue weighted by atomic mass is 9.81. The summed E-state index contributed by atoms with van der Waals surface area (Å²) in [5, 5.41) is -0.756. The zero-order valence-electron chi connectivity index (χ0n) is 8.72. The van der Waals surface area contributed by atoms with Crippen molar-refractivity contribution in [3.63, 3.8) is 0 Å². The molecule has 0 aromatic carbocycles. The summed E-state index contributed by atoms with van der Waals surface area (Å²) < 4.78 is 37.5. The van der Waals surface area contributed by atoms with Gasteiger partial charge in [0.25, 0.3) is 5.24 Å². The van der Waals surface area contributed by atoms with Gasteiger partial charge in [-0.1, -0.05) is 6.42 Å². The van der Waals surface area contributed by atoms with E-state index in [9.17, 15) is 18.0 Å². The minimum atomic E-state index is -4.49. The Morgan fingerprint density at radius 2 is 2.00 bits per heavy atom. The number of aromatic nitrogens is 1. The van der Waals surface area contributed by atoms with Crippen molar-refractivity contribution in [2.24, 2.45) is 0 Å². The number of nitrogens with zero attached hydrogens (tertiary/aromatic N) is 1. The van der Waals surface area contributed by atoms with Crippen molar-refractivity contribution >= 4 is 16.8 Å². The predicted octanol–water partition coefficient (Wildman–Crippen LogP) is 3.75. The van der Waals surface area contributed by atoms with Crippen molar-refractivity contribution in [3.8, 4) is 0 Å². The standard InChI is InChI=1S/C11H9ClF3NO/c12-10(17)7-4-5-8(11(13,14)15)16-9(7)6-2-1-3-6/h4-6H,1-3H2. The van der Waals surface area contributed by atoms with Gasteiger partial charge in [-0.2, -0.15) is 13.2 Å². The van der Waals surface area contributed by atoms with E-state index in [0.717, 1.165) is 31.4 Å². The van der Waals surface area contributed by atoms with Gasteiger partial charge in [0, 0.05) is 5.92 Å². The molecule has 6 heteroatoms. The molecule has 1 saturated carbocycles. The smallest absolute Gasteiger partial charge is 0.276 e. The first kappa shape index (κ1) is 12.4. The van der Waals surface area contributed by atoms with Crippen LogP contribution in [0.3, 0.4) is 0 Å². The maximum Gasteiger partial charge on any atom is 0.433 e. The van der Waals surface area contributed by atoms with Gasteiger partial charge >= 0.3 is 6.18 Å². The van der Waals surface area contributed by atoms with Crippen LogP contribution < -0.4 is 0 Å². The lowest BCUT2D eigenvalue weighted by Crippen LogP contribution is -2.18. The second-order valence-corrected chi connectivity index (χ2v) is 4.37. The number of carbonyl (C=O) groups is 1. The molecule has 0 aliphatic heterocycles. The molecule has 1 aliphatic carbocycles. The van der Waals surface area contributed by atoms with Crippen molar-refractivity contribution in [2.45, 2.75) is 31.4 Å². The SMILES string of the molecule is O=C(Cl)c1ccc(C(F)(F)F)nc1C1CCC1. The number of hydrogen-bond donors (Lipinski definition) is 0. The summed E-state index contributed by atoms with van der Waals surface area (Å²) in [5.41, 5.74) is -0.698. The minimum absolute atomic E-state index is 0.0741. The second kappa shape index (κ2) is 4.29. The molecule has 17 heavy (non-hydrogen) atoms. The number of pyridine rings is 1. The van der Waals surface area contributed by atoms with Crippen LogP contribution in [0, 0.1) is 0 Å². The molecule has 0 amide bonds. The van der Waals surface area contributed by atoms with Gasteiger partial charge < -0.3 is 0 Å². The highest BCUT2D eigenvalue weighted by Gasteiger charge is 2.35. The third kappa shape index (κ3) is 2.44. The number of hydrogen-bond acceptors (Lipinski definition) is 2. The Hall–Kier alpha value is -1.10. The molecule has 2 nitrogen and oxygen atoms in total. The average Bonchev–Trinajstić information content (AvgIpc) is 2.13. The molecular formula is C11H9ClF3NO. The van der Waals surface area contributed by atoms with E-state index in [2.05, 4.69) is 4.98 Å². The molecule has 92 valence electrons.